The molecule has 0 spiro atoms. The van der Waals surface area contributed by atoms with Crippen molar-refractivity contribution in [1.82, 2.24) is 20.6 Å². The highest BCUT2D eigenvalue weighted by Gasteiger charge is 2.36. The molecule has 3 N–H and O–H groups in total. The van der Waals surface area contributed by atoms with Gasteiger partial charge in [0.1, 0.15) is 11.6 Å². The van der Waals surface area contributed by atoms with Crippen molar-refractivity contribution in [2.24, 2.45) is 0 Å². The molecule has 11 heteroatoms. The molecule has 8 nitrogen and oxygen atoms in total. The molecule has 0 saturated carbocycles. The van der Waals surface area contributed by atoms with Gasteiger partial charge >= 0.3 is 12.1 Å². The number of carboxylic acids is 1. The number of aromatic amines is 1. The first-order valence-corrected chi connectivity index (χ1v) is 5.88. The molecular formula is C12H7F3N6O2. The Morgan fingerprint density at radius 3 is 2.70 bits per heavy atom. The third-order valence-corrected chi connectivity index (χ3v) is 2.66. The van der Waals surface area contributed by atoms with Crippen molar-refractivity contribution >= 4 is 17.2 Å². The minimum absolute atomic E-state index is 0.0937. The molecule has 23 heavy (non-hydrogen) atoms. The van der Waals surface area contributed by atoms with E-state index in [0.29, 0.717) is 6.07 Å². The fraction of sp³-hybridized carbons (Fsp3) is 0.0833. The van der Waals surface area contributed by atoms with Crippen LogP contribution in [0.25, 0.3) is 5.57 Å². The number of nitrogens with zero attached hydrogens (tertiary/aromatic N) is 4. The van der Waals surface area contributed by atoms with E-state index in [1.807, 2.05) is 0 Å². The van der Waals surface area contributed by atoms with Crippen LogP contribution in [-0.4, -0.2) is 31.7 Å². The molecule has 1 aromatic heterocycles. The van der Waals surface area contributed by atoms with Crippen molar-refractivity contribution in [3.8, 4) is 6.07 Å². The summed E-state index contributed by atoms with van der Waals surface area (Å²) in [5.74, 6) is -1.85. The van der Waals surface area contributed by atoms with Crippen LogP contribution in [-0.2, 0) is 6.18 Å². The van der Waals surface area contributed by atoms with Gasteiger partial charge in [0.05, 0.1) is 16.8 Å². The molecule has 0 fully saturated rings. The van der Waals surface area contributed by atoms with E-state index in [1.165, 1.54) is 0 Å². The van der Waals surface area contributed by atoms with E-state index in [9.17, 15) is 18.0 Å². The van der Waals surface area contributed by atoms with Crippen molar-refractivity contribution in [3.05, 3.63) is 41.4 Å². The number of alkyl halides is 3. The molecule has 0 aliphatic rings. The average Bonchev–Trinajstić information content (AvgIpc) is 3.00. The van der Waals surface area contributed by atoms with Crippen molar-refractivity contribution in [1.29, 1.82) is 5.26 Å². The first-order chi connectivity index (χ1) is 10.8. The average molecular weight is 324 g/mol. The van der Waals surface area contributed by atoms with Crippen LogP contribution in [0.4, 0.5) is 18.9 Å². The summed E-state index contributed by atoms with van der Waals surface area (Å²) in [4.78, 5) is 11.2. The summed E-state index contributed by atoms with van der Waals surface area (Å²) in [6, 6.07) is 4.55. The van der Waals surface area contributed by atoms with Crippen LogP contribution >= 0.6 is 0 Å². The Morgan fingerprint density at radius 2 is 2.17 bits per heavy atom. The molecule has 0 radical (unpaired) electrons. The zero-order valence-corrected chi connectivity index (χ0v) is 11.1. The van der Waals surface area contributed by atoms with E-state index >= 15 is 0 Å². The second-order valence-electron chi connectivity index (χ2n) is 4.08. The summed E-state index contributed by atoms with van der Waals surface area (Å²) < 4.78 is 38.7. The zero-order valence-electron chi connectivity index (χ0n) is 11.1. The van der Waals surface area contributed by atoms with Gasteiger partial charge < -0.3 is 10.4 Å². The Bertz CT molecular complexity index is 792. The number of nitriles is 1. The van der Waals surface area contributed by atoms with Gasteiger partial charge in [-0.15, -0.1) is 10.2 Å². The lowest BCUT2D eigenvalue weighted by molar-refractivity contribution is -0.138. The number of carbonyl (C=O) groups is 1. The van der Waals surface area contributed by atoms with E-state index in [-0.39, 0.29) is 17.1 Å². The van der Waals surface area contributed by atoms with Gasteiger partial charge in [0, 0.05) is 6.20 Å². The van der Waals surface area contributed by atoms with Crippen LogP contribution in [0.3, 0.4) is 0 Å². The van der Waals surface area contributed by atoms with Gasteiger partial charge in [-0.1, -0.05) is 6.07 Å². The third kappa shape index (κ3) is 3.43. The number of rotatable bonds is 4. The lowest BCUT2D eigenvalue weighted by atomic mass is 10.0. The van der Waals surface area contributed by atoms with Crippen LogP contribution in [0.1, 0.15) is 21.7 Å². The van der Waals surface area contributed by atoms with Gasteiger partial charge in [0.15, 0.2) is 0 Å². The number of benzene rings is 1. The number of carboxylic acid groups (broad SMARTS) is 1. The quantitative estimate of drug-likeness (QED) is 0.733. The number of allylic oxidation sites excluding steroid dienone is 1. The molecule has 0 atom stereocenters. The molecule has 0 bridgehead atoms. The molecule has 0 saturated heterocycles. The highest BCUT2D eigenvalue weighted by atomic mass is 19.4. The Balaban J connectivity index is 2.45. The Morgan fingerprint density at radius 1 is 1.43 bits per heavy atom. The number of hydrogen-bond acceptors (Lipinski definition) is 6. The van der Waals surface area contributed by atoms with Crippen molar-refractivity contribution < 1.29 is 23.1 Å². The summed E-state index contributed by atoms with van der Waals surface area (Å²) >= 11 is 0. The fourth-order valence-electron chi connectivity index (χ4n) is 1.71. The van der Waals surface area contributed by atoms with Gasteiger partial charge in [0.25, 0.3) is 0 Å². The monoisotopic (exact) mass is 324 g/mol. The molecule has 0 amide bonds. The normalized spacial score (nSPS) is 11.8. The van der Waals surface area contributed by atoms with E-state index in [4.69, 9.17) is 10.4 Å². The number of hydrogen-bond donors (Lipinski definition) is 3. The molecule has 1 aromatic carbocycles. The van der Waals surface area contributed by atoms with Gasteiger partial charge in [-0.2, -0.15) is 23.6 Å². The van der Waals surface area contributed by atoms with Crippen LogP contribution < -0.4 is 5.32 Å². The van der Waals surface area contributed by atoms with Gasteiger partial charge in [-0.05, 0) is 17.3 Å². The molecule has 0 unspecified atom stereocenters. The van der Waals surface area contributed by atoms with Gasteiger partial charge in [0.2, 0.25) is 5.82 Å². The highest BCUT2D eigenvalue weighted by Crippen LogP contribution is 2.35. The van der Waals surface area contributed by atoms with Crippen molar-refractivity contribution in [3.63, 3.8) is 0 Å². The highest BCUT2D eigenvalue weighted by molar-refractivity contribution is 5.96. The standard InChI is InChI=1S/C12H7F3N6O2/c13-12(14,15)7-2-1-3-8(9(7)11(22)23)17-5-6(4-16)10-18-20-21-19-10/h1-3,5,17H,(H,22,23)(H,18,19,20,21). The second-order valence-corrected chi connectivity index (χ2v) is 4.08. The molecule has 1 heterocycles. The van der Waals surface area contributed by atoms with Crippen molar-refractivity contribution in [2.75, 3.05) is 5.32 Å². The maximum Gasteiger partial charge on any atom is 0.417 e. The van der Waals surface area contributed by atoms with E-state index in [1.54, 1.807) is 6.07 Å². The molecule has 2 rings (SSSR count). The third-order valence-electron chi connectivity index (χ3n) is 2.66. The number of halogens is 3. The lowest BCUT2D eigenvalue weighted by Crippen LogP contribution is -2.14. The summed E-state index contributed by atoms with van der Waals surface area (Å²) in [7, 11) is 0. The predicted molar refractivity (Wildman–Crippen MR) is 69.8 cm³/mol. The van der Waals surface area contributed by atoms with Crippen molar-refractivity contribution in [2.45, 2.75) is 6.18 Å². The summed E-state index contributed by atoms with van der Waals surface area (Å²) in [6.45, 7) is 0. The molecule has 0 aliphatic heterocycles. The summed E-state index contributed by atoms with van der Waals surface area (Å²) in [5.41, 5.74) is -2.74. The first kappa shape index (κ1) is 16.0. The van der Waals surface area contributed by atoms with Gasteiger partial charge in [-0.25, -0.2) is 4.79 Å². The minimum Gasteiger partial charge on any atom is -0.478 e. The molecule has 118 valence electrons. The largest absolute Gasteiger partial charge is 0.478 e. The van der Waals surface area contributed by atoms with Crippen LogP contribution in [0.15, 0.2) is 24.4 Å². The Labute approximate surface area is 126 Å². The number of H-pyrrole nitrogens is 1. The maximum absolute atomic E-state index is 12.9. The number of aromatic carboxylic acids is 1. The minimum atomic E-state index is -4.83. The molecule has 2 aromatic rings. The zero-order chi connectivity index (χ0) is 17.0. The van der Waals surface area contributed by atoms with E-state index < -0.39 is 23.3 Å². The summed E-state index contributed by atoms with van der Waals surface area (Å²) in [6.07, 6.45) is -3.84. The SMILES string of the molecule is N#CC(=CNc1cccc(C(F)(F)F)c1C(=O)O)c1nn[nH]n1. The second kappa shape index (κ2) is 6.14. The van der Waals surface area contributed by atoms with E-state index in [2.05, 4.69) is 25.9 Å². The van der Waals surface area contributed by atoms with E-state index in [0.717, 1.165) is 18.3 Å². The maximum atomic E-state index is 12.9. The van der Waals surface area contributed by atoms with Crippen LogP contribution in [0.2, 0.25) is 0 Å². The lowest BCUT2D eigenvalue weighted by Gasteiger charge is -2.13. The Kier molecular flexibility index (Phi) is 4.26. The predicted octanol–water partition coefficient (Wildman–Crippen LogP) is 1.89. The van der Waals surface area contributed by atoms with Crippen LogP contribution in [0.5, 0.6) is 0 Å². The Hall–Kier alpha value is -3.42. The molecular weight excluding hydrogens is 317 g/mol. The smallest absolute Gasteiger partial charge is 0.417 e. The first-order valence-electron chi connectivity index (χ1n) is 5.88. The number of aromatic nitrogens is 4. The molecule has 0 aliphatic carbocycles. The van der Waals surface area contributed by atoms with Gasteiger partial charge in [-0.3, -0.25) is 0 Å². The number of tetrazole rings is 1. The number of anilines is 1. The van der Waals surface area contributed by atoms with Crippen LogP contribution in [0, 0.1) is 11.3 Å². The fourth-order valence-corrected chi connectivity index (χ4v) is 1.71. The summed E-state index contributed by atoms with van der Waals surface area (Å²) in [5, 5.41) is 32.8. The number of nitrogens with one attached hydrogen (secondary N) is 2. The topological polar surface area (TPSA) is 128 Å².